The summed E-state index contributed by atoms with van der Waals surface area (Å²) in [6.45, 7) is 0.542. The fourth-order valence-electron chi connectivity index (χ4n) is 2.62. The van der Waals surface area contributed by atoms with Crippen molar-refractivity contribution in [2.75, 3.05) is 6.61 Å². The van der Waals surface area contributed by atoms with E-state index in [9.17, 15) is 9.90 Å². The molecule has 1 unspecified atom stereocenters. The quantitative estimate of drug-likeness (QED) is 0.693. The first-order valence-corrected chi connectivity index (χ1v) is 8.17. The molecular weight excluding hydrogens is 316 g/mol. The Morgan fingerprint density at radius 1 is 1.08 bits per heavy atom. The highest BCUT2D eigenvalue weighted by Gasteiger charge is 2.17. The first-order chi connectivity index (χ1) is 12.3. The van der Waals surface area contributed by atoms with Crippen LogP contribution in [0.2, 0.25) is 0 Å². The Kier molecular flexibility index (Phi) is 5.53. The minimum atomic E-state index is -0.304. The minimum Gasteiger partial charge on any atom is -0.396 e. The van der Waals surface area contributed by atoms with Crippen LogP contribution in [0.25, 0.3) is 0 Å². The van der Waals surface area contributed by atoms with Crippen LogP contribution in [0.1, 0.15) is 34.1 Å². The van der Waals surface area contributed by atoms with Gasteiger partial charge in [0.25, 0.3) is 5.91 Å². The van der Waals surface area contributed by atoms with Crippen LogP contribution in [0, 0.1) is 0 Å². The van der Waals surface area contributed by atoms with E-state index in [1.54, 1.807) is 10.9 Å². The molecule has 6 heteroatoms. The average Bonchev–Trinajstić information content (AvgIpc) is 3.11. The number of nitrogens with one attached hydrogen (secondary N) is 1. The Morgan fingerprint density at radius 2 is 1.76 bits per heavy atom. The number of amides is 1. The van der Waals surface area contributed by atoms with Crippen molar-refractivity contribution in [3.63, 3.8) is 0 Å². The number of aliphatic hydroxyl groups excluding tert-OH is 1. The molecule has 128 valence electrons. The van der Waals surface area contributed by atoms with Crippen molar-refractivity contribution >= 4 is 5.91 Å². The van der Waals surface area contributed by atoms with Crippen molar-refractivity contribution in [1.82, 2.24) is 20.3 Å². The topological polar surface area (TPSA) is 80.0 Å². The van der Waals surface area contributed by atoms with E-state index >= 15 is 0 Å². The molecule has 0 aliphatic heterocycles. The molecule has 25 heavy (non-hydrogen) atoms. The Labute approximate surface area is 146 Å². The van der Waals surface area contributed by atoms with E-state index in [0.717, 1.165) is 11.1 Å². The third-order valence-electron chi connectivity index (χ3n) is 3.88. The molecule has 3 aromatic rings. The third-order valence-corrected chi connectivity index (χ3v) is 3.88. The Morgan fingerprint density at radius 3 is 2.44 bits per heavy atom. The maximum Gasteiger partial charge on any atom is 0.273 e. The van der Waals surface area contributed by atoms with Gasteiger partial charge >= 0.3 is 0 Å². The van der Waals surface area contributed by atoms with Gasteiger partial charge in [0.15, 0.2) is 5.69 Å². The van der Waals surface area contributed by atoms with Gasteiger partial charge in [0.05, 0.1) is 18.8 Å². The van der Waals surface area contributed by atoms with Crippen molar-refractivity contribution in [1.29, 1.82) is 0 Å². The molecule has 1 atom stereocenters. The highest BCUT2D eigenvalue weighted by atomic mass is 16.3. The van der Waals surface area contributed by atoms with Gasteiger partial charge < -0.3 is 10.4 Å². The first kappa shape index (κ1) is 16.9. The second kappa shape index (κ2) is 8.21. The Hall–Kier alpha value is -2.99. The van der Waals surface area contributed by atoms with Gasteiger partial charge in [-0.15, -0.1) is 5.10 Å². The summed E-state index contributed by atoms with van der Waals surface area (Å²) in [4.78, 5) is 12.5. The summed E-state index contributed by atoms with van der Waals surface area (Å²) < 4.78 is 1.63. The molecule has 0 aliphatic carbocycles. The SMILES string of the molecule is O=C(NC(CCO)c1ccccc1)c1cn(Cc2ccccc2)nn1. The second-order valence-corrected chi connectivity index (χ2v) is 5.74. The van der Waals surface area contributed by atoms with E-state index in [2.05, 4.69) is 15.6 Å². The second-order valence-electron chi connectivity index (χ2n) is 5.74. The Balaban J connectivity index is 1.68. The number of aliphatic hydroxyl groups is 1. The van der Waals surface area contributed by atoms with Gasteiger partial charge in [-0.05, 0) is 17.5 Å². The summed E-state index contributed by atoms with van der Waals surface area (Å²) in [5.74, 6) is -0.304. The summed E-state index contributed by atoms with van der Waals surface area (Å²) in [5, 5.41) is 20.2. The van der Waals surface area contributed by atoms with Gasteiger partial charge in [-0.3, -0.25) is 4.79 Å². The number of benzene rings is 2. The molecule has 0 bridgehead atoms. The lowest BCUT2D eigenvalue weighted by molar-refractivity contribution is 0.0925. The molecule has 2 N–H and O–H groups in total. The van der Waals surface area contributed by atoms with Crippen LogP contribution >= 0.6 is 0 Å². The van der Waals surface area contributed by atoms with Gasteiger partial charge in [0.1, 0.15) is 0 Å². The number of hydrogen-bond acceptors (Lipinski definition) is 4. The van der Waals surface area contributed by atoms with Gasteiger partial charge in [-0.25, -0.2) is 4.68 Å². The van der Waals surface area contributed by atoms with Crippen LogP contribution in [0.5, 0.6) is 0 Å². The van der Waals surface area contributed by atoms with E-state index < -0.39 is 0 Å². The zero-order chi connectivity index (χ0) is 17.5. The molecular formula is C19H20N4O2. The molecule has 0 radical (unpaired) electrons. The lowest BCUT2D eigenvalue weighted by Crippen LogP contribution is -2.29. The molecule has 0 saturated heterocycles. The van der Waals surface area contributed by atoms with E-state index in [1.807, 2.05) is 60.7 Å². The highest BCUT2D eigenvalue weighted by molar-refractivity contribution is 5.92. The van der Waals surface area contributed by atoms with Crippen LogP contribution in [0.3, 0.4) is 0 Å². The molecule has 1 aromatic heterocycles. The summed E-state index contributed by atoms with van der Waals surface area (Å²) >= 11 is 0. The molecule has 0 spiro atoms. The van der Waals surface area contributed by atoms with Gasteiger partial charge in [0, 0.05) is 6.61 Å². The summed E-state index contributed by atoms with van der Waals surface area (Å²) in [6, 6.07) is 19.2. The van der Waals surface area contributed by atoms with Crippen LogP contribution in [-0.4, -0.2) is 32.6 Å². The van der Waals surface area contributed by atoms with Gasteiger partial charge in [0.2, 0.25) is 0 Å². The summed E-state index contributed by atoms with van der Waals surface area (Å²) in [5.41, 5.74) is 2.29. The number of carbonyl (C=O) groups is 1. The van der Waals surface area contributed by atoms with Gasteiger partial charge in [-0.1, -0.05) is 65.9 Å². The van der Waals surface area contributed by atoms with Crippen molar-refractivity contribution in [2.45, 2.75) is 19.0 Å². The average molecular weight is 336 g/mol. The predicted molar refractivity (Wildman–Crippen MR) is 93.9 cm³/mol. The molecule has 0 aliphatic rings. The maximum atomic E-state index is 12.5. The molecule has 0 saturated carbocycles. The minimum absolute atomic E-state index is 0.0134. The number of nitrogens with zero attached hydrogens (tertiary/aromatic N) is 3. The van der Waals surface area contributed by atoms with Crippen molar-refractivity contribution < 1.29 is 9.90 Å². The van der Waals surface area contributed by atoms with Crippen LogP contribution in [0.4, 0.5) is 0 Å². The lowest BCUT2D eigenvalue weighted by Gasteiger charge is -2.17. The number of rotatable bonds is 7. The van der Waals surface area contributed by atoms with Crippen molar-refractivity contribution in [3.05, 3.63) is 83.7 Å². The standard InChI is InChI=1S/C19H20N4O2/c24-12-11-17(16-9-5-2-6-10-16)20-19(25)18-14-23(22-21-18)13-15-7-3-1-4-8-15/h1-10,14,17,24H,11-13H2,(H,20,25). The zero-order valence-corrected chi connectivity index (χ0v) is 13.7. The molecule has 6 nitrogen and oxygen atoms in total. The van der Waals surface area contributed by atoms with Crippen molar-refractivity contribution in [3.8, 4) is 0 Å². The van der Waals surface area contributed by atoms with E-state index in [4.69, 9.17) is 0 Å². The maximum absolute atomic E-state index is 12.5. The monoisotopic (exact) mass is 336 g/mol. The van der Waals surface area contributed by atoms with Crippen LogP contribution in [-0.2, 0) is 6.54 Å². The first-order valence-electron chi connectivity index (χ1n) is 8.17. The largest absolute Gasteiger partial charge is 0.396 e. The summed E-state index contributed by atoms with van der Waals surface area (Å²) in [7, 11) is 0. The third kappa shape index (κ3) is 4.51. The van der Waals surface area contributed by atoms with E-state index in [0.29, 0.717) is 13.0 Å². The molecule has 1 amide bonds. The number of carbonyl (C=O) groups excluding carboxylic acids is 1. The van der Waals surface area contributed by atoms with E-state index in [-0.39, 0.29) is 24.2 Å². The van der Waals surface area contributed by atoms with Gasteiger partial charge in [-0.2, -0.15) is 0 Å². The summed E-state index contributed by atoms with van der Waals surface area (Å²) in [6.07, 6.45) is 2.07. The zero-order valence-electron chi connectivity index (χ0n) is 13.7. The number of aromatic nitrogens is 3. The predicted octanol–water partition coefficient (Wildman–Crippen LogP) is 2.18. The van der Waals surface area contributed by atoms with Crippen molar-refractivity contribution in [2.24, 2.45) is 0 Å². The molecule has 3 rings (SSSR count). The van der Waals surface area contributed by atoms with Crippen LogP contribution < -0.4 is 5.32 Å². The molecule has 1 heterocycles. The lowest BCUT2D eigenvalue weighted by atomic mass is 10.0. The molecule has 0 fully saturated rings. The smallest absolute Gasteiger partial charge is 0.273 e. The molecule has 2 aromatic carbocycles. The normalized spacial score (nSPS) is 11.9. The Bertz CT molecular complexity index is 803. The van der Waals surface area contributed by atoms with E-state index in [1.165, 1.54) is 0 Å². The highest BCUT2D eigenvalue weighted by Crippen LogP contribution is 2.16. The fourth-order valence-corrected chi connectivity index (χ4v) is 2.62. The number of hydrogen-bond donors (Lipinski definition) is 2. The fraction of sp³-hybridized carbons (Fsp3) is 0.211. The van der Waals surface area contributed by atoms with Crippen LogP contribution in [0.15, 0.2) is 66.9 Å².